The molecule has 0 saturated carbocycles. The molecule has 104 valence electrons. The minimum atomic E-state index is -0.580. The van der Waals surface area contributed by atoms with E-state index in [-0.39, 0.29) is 11.3 Å². The van der Waals surface area contributed by atoms with Crippen LogP contribution in [0.4, 0.5) is 5.69 Å². The molecule has 0 atom stereocenters. The standard InChI is InChI=1S/C9H7N.C7H5NO3/c1-2-6-9-8(4-1)5-3-7-10-9;9-5-6-3-1-2-4-7(6)8(10)11/h1-7H;1-5H. The molecule has 0 N–H and O–H groups in total. The third kappa shape index (κ3) is 3.70. The third-order valence-electron chi connectivity index (χ3n) is 2.77. The van der Waals surface area contributed by atoms with E-state index in [0.29, 0.717) is 6.29 Å². The highest BCUT2D eigenvalue weighted by Crippen LogP contribution is 2.14. The van der Waals surface area contributed by atoms with Gasteiger partial charge in [0.1, 0.15) is 0 Å². The number of fused-ring (bicyclic) bond motifs is 1. The van der Waals surface area contributed by atoms with Gasteiger partial charge < -0.3 is 0 Å². The normalized spacial score (nSPS) is 9.52. The van der Waals surface area contributed by atoms with E-state index in [4.69, 9.17) is 0 Å². The molecule has 5 heteroatoms. The Morgan fingerprint density at radius 3 is 2.29 bits per heavy atom. The summed E-state index contributed by atoms with van der Waals surface area (Å²) in [6.07, 6.45) is 2.28. The van der Waals surface area contributed by atoms with Crippen molar-refractivity contribution in [3.8, 4) is 0 Å². The molecule has 21 heavy (non-hydrogen) atoms. The zero-order valence-electron chi connectivity index (χ0n) is 11.0. The van der Waals surface area contributed by atoms with Gasteiger partial charge in [0.15, 0.2) is 6.29 Å². The Labute approximate surface area is 121 Å². The molecule has 0 aliphatic rings. The van der Waals surface area contributed by atoms with E-state index in [1.807, 2.05) is 30.5 Å². The van der Waals surface area contributed by atoms with Crippen molar-refractivity contribution in [3.05, 3.63) is 82.5 Å². The molecular weight excluding hydrogens is 268 g/mol. The van der Waals surface area contributed by atoms with Crippen molar-refractivity contribution in [1.82, 2.24) is 4.98 Å². The third-order valence-corrected chi connectivity index (χ3v) is 2.77. The maximum atomic E-state index is 10.2. The lowest BCUT2D eigenvalue weighted by molar-refractivity contribution is -0.385. The number of nitrogens with zero attached hydrogens (tertiary/aromatic N) is 2. The van der Waals surface area contributed by atoms with E-state index in [0.717, 1.165) is 5.52 Å². The second kappa shape index (κ2) is 6.91. The van der Waals surface area contributed by atoms with Crippen molar-refractivity contribution < 1.29 is 9.72 Å². The van der Waals surface area contributed by atoms with Crippen LogP contribution in [0.3, 0.4) is 0 Å². The van der Waals surface area contributed by atoms with Crippen LogP contribution in [0, 0.1) is 10.1 Å². The fourth-order valence-corrected chi connectivity index (χ4v) is 1.77. The van der Waals surface area contributed by atoms with Crippen LogP contribution in [0.5, 0.6) is 0 Å². The molecule has 0 bridgehead atoms. The van der Waals surface area contributed by atoms with Gasteiger partial charge in [-0.15, -0.1) is 0 Å². The van der Waals surface area contributed by atoms with Crippen LogP contribution in [0.2, 0.25) is 0 Å². The second-order valence-corrected chi connectivity index (χ2v) is 4.13. The maximum Gasteiger partial charge on any atom is 0.279 e. The average molecular weight is 280 g/mol. The topological polar surface area (TPSA) is 73.1 Å². The number of nitro benzene ring substituents is 1. The highest BCUT2D eigenvalue weighted by atomic mass is 16.6. The van der Waals surface area contributed by atoms with Crippen LogP contribution in [0.25, 0.3) is 10.9 Å². The van der Waals surface area contributed by atoms with Crippen LogP contribution in [0.1, 0.15) is 10.4 Å². The summed E-state index contributed by atoms with van der Waals surface area (Å²) in [4.78, 5) is 24.1. The first-order chi connectivity index (χ1) is 10.2. The Morgan fingerprint density at radius 2 is 1.62 bits per heavy atom. The van der Waals surface area contributed by atoms with Gasteiger partial charge in [0, 0.05) is 17.6 Å². The molecule has 0 saturated heterocycles. The van der Waals surface area contributed by atoms with Gasteiger partial charge in [-0.3, -0.25) is 19.9 Å². The molecule has 0 amide bonds. The second-order valence-electron chi connectivity index (χ2n) is 4.13. The Kier molecular flexibility index (Phi) is 4.71. The summed E-state index contributed by atoms with van der Waals surface area (Å²) in [6, 6.07) is 17.9. The summed E-state index contributed by atoms with van der Waals surface area (Å²) >= 11 is 0. The monoisotopic (exact) mass is 280 g/mol. The van der Waals surface area contributed by atoms with Gasteiger partial charge in [-0.25, -0.2) is 0 Å². The summed E-state index contributed by atoms with van der Waals surface area (Å²) in [7, 11) is 0. The number of rotatable bonds is 2. The molecule has 1 aromatic heterocycles. The Morgan fingerprint density at radius 1 is 0.952 bits per heavy atom. The van der Waals surface area contributed by atoms with Crippen molar-refractivity contribution in [3.63, 3.8) is 0 Å². The number of aromatic nitrogens is 1. The number of pyridine rings is 1. The van der Waals surface area contributed by atoms with Gasteiger partial charge >= 0.3 is 0 Å². The van der Waals surface area contributed by atoms with E-state index in [9.17, 15) is 14.9 Å². The predicted molar refractivity (Wildman–Crippen MR) is 80.2 cm³/mol. The molecule has 0 aliphatic carbocycles. The fraction of sp³-hybridized carbons (Fsp3) is 0. The lowest BCUT2D eigenvalue weighted by Crippen LogP contribution is -1.92. The first-order valence-electron chi connectivity index (χ1n) is 6.20. The van der Waals surface area contributed by atoms with Gasteiger partial charge in [-0.1, -0.05) is 36.4 Å². The lowest BCUT2D eigenvalue weighted by Gasteiger charge is -1.91. The van der Waals surface area contributed by atoms with Crippen LogP contribution >= 0.6 is 0 Å². The number of benzene rings is 2. The number of carbonyl (C=O) groups is 1. The quantitative estimate of drug-likeness (QED) is 0.408. The number of aldehydes is 1. The Hall–Kier alpha value is -3.08. The predicted octanol–water partition coefficient (Wildman–Crippen LogP) is 3.64. The molecule has 0 unspecified atom stereocenters. The van der Waals surface area contributed by atoms with Gasteiger partial charge in [0.25, 0.3) is 5.69 Å². The first-order valence-corrected chi connectivity index (χ1v) is 6.20. The van der Waals surface area contributed by atoms with Crippen LogP contribution in [0.15, 0.2) is 66.9 Å². The SMILES string of the molecule is O=Cc1ccccc1[N+](=O)[O-].c1ccc2ncccc2c1. The smallest absolute Gasteiger partial charge is 0.279 e. The molecular formula is C16H12N2O3. The van der Waals surface area contributed by atoms with E-state index >= 15 is 0 Å². The number of hydrogen-bond acceptors (Lipinski definition) is 4. The largest absolute Gasteiger partial charge is 0.298 e. The van der Waals surface area contributed by atoms with Gasteiger partial charge in [-0.2, -0.15) is 0 Å². The first kappa shape index (κ1) is 14.3. The molecule has 0 fully saturated rings. The Bertz CT molecular complexity index is 707. The number of para-hydroxylation sites is 2. The highest BCUT2D eigenvalue weighted by Gasteiger charge is 2.09. The van der Waals surface area contributed by atoms with Crippen LogP contribution in [-0.4, -0.2) is 16.2 Å². The van der Waals surface area contributed by atoms with Crippen LogP contribution < -0.4 is 0 Å². The molecule has 0 spiro atoms. The average Bonchev–Trinajstić information content (AvgIpc) is 2.55. The van der Waals surface area contributed by atoms with E-state index in [1.165, 1.54) is 23.6 Å². The molecule has 3 aromatic rings. The molecule has 1 heterocycles. The number of hydrogen-bond donors (Lipinski definition) is 0. The van der Waals surface area contributed by atoms with Crippen molar-refractivity contribution >= 4 is 22.9 Å². The van der Waals surface area contributed by atoms with Crippen molar-refractivity contribution in [2.75, 3.05) is 0 Å². The van der Waals surface area contributed by atoms with E-state index in [2.05, 4.69) is 17.1 Å². The minimum absolute atomic E-state index is 0.109. The van der Waals surface area contributed by atoms with Crippen LogP contribution in [-0.2, 0) is 0 Å². The molecule has 3 rings (SSSR count). The van der Waals surface area contributed by atoms with E-state index < -0.39 is 4.92 Å². The van der Waals surface area contributed by atoms with Crippen molar-refractivity contribution in [2.45, 2.75) is 0 Å². The molecule has 0 aliphatic heterocycles. The summed E-state index contributed by atoms with van der Waals surface area (Å²) < 4.78 is 0. The summed E-state index contributed by atoms with van der Waals surface area (Å²) in [5.74, 6) is 0. The number of nitro groups is 1. The van der Waals surface area contributed by atoms with Gasteiger partial charge in [0.2, 0.25) is 0 Å². The maximum absolute atomic E-state index is 10.2. The molecule has 2 aromatic carbocycles. The number of carbonyl (C=O) groups excluding carboxylic acids is 1. The van der Waals surface area contributed by atoms with Crippen molar-refractivity contribution in [2.24, 2.45) is 0 Å². The highest BCUT2D eigenvalue weighted by molar-refractivity contribution is 5.81. The summed E-state index contributed by atoms with van der Waals surface area (Å²) in [5.41, 5.74) is 1.02. The van der Waals surface area contributed by atoms with Gasteiger partial charge in [0.05, 0.1) is 16.0 Å². The Balaban J connectivity index is 0.000000154. The van der Waals surface area contributed by atoms with Crippen molar-refractivity contribution in [1.29, 1.82) is 0 Å². The lowest BCUT2D eigenvalue weighted by atomic mass is 10.2. The summed E-state index contributed by atoms with van der Waals surface area (Å²) in [6.45, 7) is 0. The molecule has 5 nitrogen and oxygen atoms in total. The molecule has 0 radical (unpaired) electrons. The van der Waals surface area contributed by atoms with E-state index in [1.54, 1.807) is 6.07 Å². The minimum Gasteiger partial charge on any atom is -0.298 e. The fourth-order valence-electron chi connectivity index (χ4n) is 1.77. The zero-order chi connectivity index (χ0) is 15.1. The zero-order valence-corrected chi connectivity index (χ0v) is 11.0. The summed E-state index contributed by atoms with van der Waals surface area (Å²) in [5, 5.41) is 11.4. The van der Waals surface area contributed by atoms with Gasteiger partial charge in [-0.05, 0) is 18.2 Å².